The average Bonchev–Trinajstić information content (AvgIpc) is 3.06. The molecule has 1 atom stereocenters. The Labute approximate surface area is 156 Å². The Kier molecular flexibility index (Phi) is 4.50. The molecule has 0 saturated heterocycles. The van der Waals surface area contributed by atoms with E-state index in [1.807, 2.05) is 47.9 Å². The molecule has 3 aromatic rings. The lowest BCUT2D eigenvalue weighted by molar-refractivity contribution is -0.130. The summed E-state index contributed by atoms with van der Waals surface area (Å²) < 4.78 is 7.68. The van der Waals surface area contributed by atoms with Crippen LogP contribution in [0.1, 0.15) is 12.0 Å². The predicted molar refractivity (Wildman–Crippen MR) is 102 cm³/mol. The SMILES string of the molecule is Cc1ccc2c(c1)NC(=O)C(CC(=O)NCCn1cnc3ccccc31)O2. The van der Waals surface area contributed by atoms with Gasteiger partial charge in [0.25, 0.3) is 5.91 Å². The highest BCUT2D eigenvalue weighted by molar-refractivity contribution is 6.00. The number of nitrogens with one attached hydrogen (secondary N) is 2. The van der Waals surface area contributed by atoms with Crippen LogP contribution in [0.4, 0.5) is 5.69 Å². The maximum Gasteiger partial charge on any atom is 0.266 e. The molecule has 2 amide bonds. The molecule has 0 spiro atoms. The van der Waals surface area contributed by atoms with Crippen molar-refractivity contribution in [2.75, 3.05) is 11.9 Å². The molecular formula is C20H20N4O3. The highest BCUT2D eigenvalue weighted by Gasteiger charge is 2.29. The number of ether oxygens (including phenoxy) is 1. The fourth-order valence-electron chi connectivity index (χ4n) is 3.14. The van der Waals surface area contributed by atoms with Crippen LogP contribution in [0, 0.1) is 6.92 Å². The minimum Gasteiger partial charge on any atom is -0.478 e. The van der Waals surface area contributed by atoms with Crippen molar-refractivity contribution in [1.82, 2.24) is 14.9 Å². The Hall–Kier alpha value is -3.35. The van der Waals surface area contributed by atoms with Crippen LogP contribution in [0.5, 0.6) is 5.75 Å². The summed E-state index contributed by atoms with van der Waals surface area (Å²) >= 11 is 0. The van der Waals surface area contributed by atoms with Crippen LogP contribution in [0.2, 0.25) is 0 Å². The van der Waals surface area contributed by atoms with Crippen molar-refractivity contribution < 1.29 is 14.3 Å². The number of aromatic nitrogens is 2. The zero-order valence-electron chi connectivity index (χ0n) is 14.9. The van der Waals surface area contributed by atoms with Gasteiger partial charge in [0.15, 0.2) is 6.10 Å². The molecule has 1 aromatic heterocycles. The number of hydrogen-bond acceptors (Lipinski definition) is 4. The lowest BCUT2D eigenvalue weighted by Gasteiger charge is -2.25. The standard InChI is InChI=1S/C20H20N4O3/c1-13-6-7-17-15(10-13)23-20(26)18(27-17)11-19(25)21-8-9-24-12-22-14-4-2-3-5-16(14)24/h2-7,10,12,18H,8-9,11H2,1H3,(H,21,25)(H,23,26). The molecule has 2 N–H and O–H groups in total. The monoisotopic (exact) mass is 364 g/mol. The van der Waals surface area contributed by atoms with E-state index in [-0.39, 0.29) is 18.2 Å². The summed E-state index contributed by atoms with van der Waals surface area (Å²) in [6.45, 7) is 2.99. The van der Waals surface area contributed by atoms with Crippen molar-refractivity contribution >= 4 is 28.5 Å². The molecule has 0 aliphatic carbocycles. The number of carbonyl (C=O) groups excluding carboxylic acids is 2. The van der Waals surface area contributed by atoms with Crippen LogP contribution in [-0.4, -0.2) is 34.0 Å². The van der Waals surface area contributed by atoms with E-state index in [0.717, 1.165) is 16.6 Å². The van der Waals surface area contributed by atoms with Gasteiger partial charge in [0, 0.05) is 13.1 Å². The van der Waals surface area contributed by atoms with E-state index in [9.17, 15) is 9.59 Å². The van der Waals surface area contributed by atoms with Gasteiger partial charge in [-0.3, -0.25) is 9.59 Å². The van der Waals surface area contributed by atoms with Gasteiger partial charge in [-0.2, -0.15) is 0 Å². The summed E-state index contributed by atoms with van der Waals surface area (Å²) in [4.78, 5) is 28.7. The van der Waals surface area contributed by atoms with Crippen LogP contribution in [-0.2, 0) is 16.1 Å². The molecule has 27 heavy (non-hydrogen) atoms. The summed E-state index contributed by atoms with van der Waals surface area (Å²) in [7, 11) is 0. The number of fused-ring (bicyclic) bond motifs is 2. The topological polar surface area (TPSA) is 85.3 Å². The molecular weight excluding hydrogens is 344 g/mol. The Bertz CT molecular complexity index is 1010. The van der Waals surface area contributed by atoms with Crippen LogP contribution in [0.25, 0.3) is 11.0 Å². The molecule has 0 saturated carbocycles. The van der Waals surface area contributed by atoms with Crippen LogP contribution >= 0.6 is 0 Å². The highest BCUT2D eigenvalue weighted by atomic mass is 16.5. The van der Waals surface area contributed by atoms with Gasteiger partial charge < -0.3 is 19.9 Å². The van der Waals surface area contributed by atoms with Gasteiger partial charge in [-0.05, 0) is 36.8 Å². The fourth-order valence-corrected chi connectivity index (χ4v) is 3.14. The number of benzene rings is 2. The van der Waals surface area contributed by atoms with Gasteiger partial charge in [-0.25, -0.2) is 4.98 Å². The zero-order chi connectivity index (χ0) is 18.8. The predicted octanol–water partition coefficient (Wildman–Crippen LogP) is 2.25. The molecule has 4 rings (SSSR count). The average molecular weight is 364 g/mol. The zero-order valence-corrected chi connectivity index (χ0v) is 14.9. The van der Waals surface area contributed by atoms with E-state index >= 15 is 0 Å². The van der Waals surface area contributed by atoms with Gasteiger partial charge in [0.2, 0.25) is 5.91 Å². The fraction of sp³-hybridized carbons (Fsp3) is 0.250. The van der Waals surface area contributed by atoms with Crippen LogP contribution in [0.15, 0.2) is 48.8 Å². The molecule has 1 aliphatic rings. The quantitative estimate of drug-likeness (QED) is 0.727. The number of nitrogens with zero attached hydrogens (tertiary/aromatic N) is 2. The number of aryl methyl sites for hydroxylation is 1. The van der Waals surface area contributed by atoms with E-state index in [0.29, 0.717) is 24.5 Å². The molecule has 7 nitrogen and oxygen atoms in total. The number of rotatable bonds is 5. The number of imidazole rings is 1. The van der Waals surface area contributed by atoms with Crippen molar-refractivity contribution in [2.24, 2.45) is 0 Å². The Balaban J connectivity index is 1.32. The lowest BCUT2D eigenvalue weighted by atomic mass is 10.1. The first-order valence-electron chi connectivity index (χ1n) is 8.85. The largest absolute Gasteiger partial charge is 0.478 e. The lowest BCUT2D eigenvalue weighted by Crippen LogP contribution is -2.41. The third kappa shape index (κ3) is 3.62. The summed E-state index contributed by atoms with van der Waals surface area (Å²) in [5, 5.41) is 5.64. The second kappa shape index (κ2) is 7.11. The smallest absolute Gasteiger partial charge is 0.266 e. The van der Waals surface area contributed by atoms with Gasteiger partial charge in [-0.15, -0.1) is 0 Å². The number of para-hydroxylation sites is 2. The van der Waals surface area contributed by atoms with E-state index in [4.69, 9.17) is 4.74 Å². The van der Waals surface area contributed by atoms with Crippen molar-refractivity contribution in [2.45, 2.75) is 26.0 Å². The summed E-state index contributed by atoms with van der Waals surface area (Å²) in [5.74, 6) is 0.0573. The molecule has 2 heterocycles. The summed E-state index contributed by atoms with van der Waals surface area (Å²) in [6, 6.07) is 13.4. The molecule has 0 bridgehead atoms. The number of carbonyl (C=O) groups is 2. The first-order chi connectivity index (χ1) is 13.1. The highest BCUT2D eigenvalue weighted by Crippen LogP contribution is 2.30. The molecule has 1 aliphatic heterocycles. The van der Waals surface area contributed by atoms with Crippen molar-refractivity contribution in [3.8, 4) is 5.75 Å². The summed E-state index contributed by atoms with van der Waals surface area (Å²) in [5.41, 5.74) is 3.61. The Morgan fingerprint density at radius 1 is 1.30 bits per heavy atom. The third-order valence-corrected chi connectivity index (χ3v) is 4.53. The van der Waals surface area contributed by atoms with E-state index in [1.54, 1.807) is 12.4 Å². The van der Waals surface area contributed by atoms with Crippen LogP contribution in [0.3, 0.4) is 0 Å². The first-order valence-corrected chi connectivity index (χ1v) is 8.85. The minimum atomic E-state index is -0.825. The minimum absolute atomic E-state index is 0.0240. The van der Waals surface area contributed by atoms with E-state index in [2.05, 4.69) is 15.6 Å². The second-order valence-electron chi connectivity index (χ2n) is 6.58. The van der Waals surface area contributed by atoms with Gasteiger partial charge in [-0.1, -0.05) is 18.2 Å². The summed E-state index contributed by atoms with van der Waals surface area (Å²) in [6.07, 6.45) is 0.909. The maximum absolute atomic E-state index is 12.2. The Morgan fingerprint density at radius 2 is 2.15 bits per heavy atom. The molecule has 1 unspecified atom stereocenters. The second-order valence-corrected chi connectivity index (χ2v) is 6.58. The normalized spacial score (nSPS) is 15.7. The van der Waals surface area contributed by atoms with Gasteiger partial charge >= 0.3 is 0 Å². The third-order valence-electron chi connectivity index (χ3n) is 4.53. The van der Waals surface area contributed by atoms with Gasteiger partial charge in [0.1, 0.15) is 5.75 Å². The van der Waals surface area contributed by atoms with Crippen molar-refractivity contribution in [3.05, 3.63) is 54.4 Å². The molecule has 0 fully saturated rings. The van der Waals surface area contributed by atoms with Crippen molar-refractivity contribution in [1.29, 1.82) is 0 Å². The number of hydrogen-bond donors (Lipinski definition) is 2. The van der Waals surface area contributed by atoms with Crippen LogP contribution < -0.4 is 15.4 Å². The molecule has 138 valence electrons. The first kappa shape index (κ1) is 17.1. The van der Waals surface area contributed by atoms with E-state index < -0.39 is 6.10 Å². The Morgan fingerprint density at radius 3 is 3.04 bits per heavy atom. The number of amides is 2. The molecule has 0 radical (unpaired) electrons. The maximum atomic E-state index is 12.2. The van der Waals surface area contributed by atoms with Crippen molar-refractivity contribution in [3.63, 3.8) is 0 Å². The molecule has 7 heteroatoms. The number of anilines is 1. The van der Waals surface area contributed by atoms with E-state index in [1.165, 1.54) is 0 Å². The van der Waals surface area contributed by atoms with Gasteiger partial charge in [0.05, 0.1) is 29.5 Å². The molecule has 2 aromatic carbocycles.